The molecule has 0 aliphatic heterocycles. The van der Waals surface area contributed by atoms with Gasteiger partial charge in [0.25, 0.3) is 0 Å². The summed E-state index contributed by atoms with van der Waals surface area (Å²) in [6.07, 6.45) is 2.54. The average Bonchev–Trinajstić information content (AvgIpc) is 2.81. The number of hydrogen-bond donors (Lipinski definition) is 1. The van der Waals surface area contributed by atoms with Crippen LogP contribution in [0.15, 0.2) is 42.5 Å². The molecule has 0 fully saturated rings. The number of aryl methyl sites for hydroxylation is 1. The van der Waals surface area contributed by atoms with Crippen LogP contribution in [0.1, 0.15) is 29.0 Å². The Kier molecular flexibility index (Phi) is 3.53. The summed E-state index contributed by atoms with van der Waals surface area (Å²) in [5, 5.41) is 0. The van der Waals surface area contributed by atoms with Crippen LogP contribution >= 0.6 is 0 Å². The molecule has 104 valence electrons. The minimum absolute atomic E-state index is 0.111. The van der Waals surface area contributed by atoms with Crippen LogP contribution in [0.25, 0.3) is 0 Å². The van der Waals surface area contributed by atoms with E-state index in [4.69, 9.17) is 5.73 Å². The van der Waals surface area contributed by atoms with E-state index in [2.05, 4.69) is 12.1 Å². The first-order valence-corrected chi connectivity index (χ1v) is 6.92. The van der Waals surface area contributed by atoms with Crippen LogP contribution in [0.5, 0.6) is 0 Å². The van der Waals surface area contributed by atoms with Gasteiger partial charge in [-0.25, -0.2) is 8.78 Å². The van der Waals surface area contributed by atoms with Crippen LogP contribution in [0.2, 0.25) is 0 Å². The van der Waals surface area contributed by atoms with Crippen molar-refractivity contribution in [3.05, 3.63) is 70.8 Å². The predicted octanol–water partition coefficient (Wildman–Crippen LogP) is 3.56. The Hall–Kier alpha value is -1.74. The number of fused-ring (bicyclic) bond motifs is 1. The number of nitrogens with two attached hydrogens (primary N) is 1. The van der Waals surface area contributed by atoms with Crippen LogP contribution in [-0.2, 0) is 12.8 Å². The summed E-state index contributed by atoms with van der Waals surface area (Å²) < 4.78 is 26.4. The Bertz CT molecular complexity index is 604. The zero-order valence-electron chi connectivity index (χ0n) is 11.2. The second-order valence-electron chi connectivity index (χ2n) is 5.49. The fourth-order valence-electron chi connectivity index (χ4n) is 3.18. The molecule has 2 aromatic carbocycles. The second-order valence-corrected chi connectivity index (χ2v) is 5.49. The maximum atomic E-state index is 13.2. The third-order valence-electron chi connectivity index (χ3n) is 4.09. The maximum Gasteiger partial charge on any atom is 0.126 e. The van der Waals surface area contributed by atoms with Crippen molar-refractivity contribution in [3.63, 3.8) is 0 Å². The lowest BCUT2D eigenvalue weighted by Crippen LogP contribution is -2.29. The summed E-state index contributed by atoms with van der Waals surface area (Å²) in [5.74, 6) is -0.810. The molecule has 1 aliphatic rings. The Morgan fingerprint density at radius 3 is 2.55 bits per heavy atom. The van der Waals surface area contributed by atoms with Crippen molar-refractivity contribution in [1.29, 1.82) is 0 Å². The summed E-state index contributed by atoms with van der Waals surface area (Å²) in [7, 11) is 0. The van der Waals surface area contributed by atoms with Gasteiger partial charge in [-0.15, -0.1) is 0 Å². The van der Waals surface area contributed by atoms with Crippen LogP contribution in [0.3, 0.4) is 0 Å². The van der Waals surface area contributed by atoms with Crippen molar-refractivity contribution in [2.75, 3.05) is 0 Å². The Morgan fingerprint density at radius 1 is 1.10 bits per heavy atom. The van der Waals surface area contributed by atoms with E-state index in [-0.39, 0.29) is 12.0 Å². The third kappa shape index (κ3) is 2.59. The molecule has 0 aromatic heterocycles. The van der Waals surface area contributed by atoms with Gasteiger partial charge in [0.2, 0.25) is 0 Å². The number of hydrogen-bond acceptors (Lipinski definition) is 1. The van der Waals surface area contributed by atoms with Crippen molar-refractivity contribution in [1.82, 2.24) is 0 Å². The lowest BCUT2D eigenvalue weighted by atomic mass is 9.89. The van der Waals surface area contributed by atoms with Gasteiger partial charge >= 0.3 is 0 Å². The van der Waals surface area contributed by atoms with Gasteiger partial charge in [0, 0.05) is 12.1 Å². The second kappa shape index (κ2) is 5.33. The maximum absolute atomic E-state index is 13.2. The van der Waals surface area contributed by atoms with Gasteiger partial charge in [-0.3, -0.25) is 0 Å². The molecule has 0 heterocycles. The van der Waals surface area contributed by atoms with Crippen molar-refractivity contribution < 1.29 is 8.78 Å². The standard InChI is InChI=1S/C17H17F2N/c18-13-7-11(8-14(19)10-13)9-17(20)16-6-5-12-3-1-2-4-15(12)16/h1-4,7-8,10,16-17H,5-6,9,20H2. The van der Waals surface area contributed by atoms with Gasteiger partial charge in [-0.05, 0) is 54.0 Å². The Labute approximate surface area is 117 Å². The highest BCUT2D eigenvalue weighted by Crippen LogP contribution is 2.35. The smallest absolute Gasteiger partial charge is 0.126 e. The molecule has 0 radical (unpaired) electrons. The van der Waals surface area contributed by atoms with Gasteiger partial charge in [0.15, 0.2) is 0 Å². The molecule has 3 heteroatoms. The average molecular weight is 273 g/mol. The molecule has 0 saturated heterocycles. The van der Waals surface area contributed by atoms with Crippen LogP contribution in [0.4, 0.5) is 8.78 Å². The van der Waals surface area contributed by atoms with Gasteiger partial charge in [0.1, 0.15) is 11.6 Å². The Morgan fingerprint density at radius 2 is 1.80 bits per heavy atom. The summed E-state index contributed by atoms with van der Waals surface area (Å²) in [4.78, 5) is 0. The molecule has 0 spiro atoms. The predicted molar refractivity (Wildman–Crippen MR) is 75.5 cm³/mol. The molecule has 1 aliphatic carbocycles. The first-order chi connectivity index (χ1) is 9.63. The molecule has 3 rings (SSSR count). The van der Waals surface area contributed by atoms with Crippen molar-refractivity contribution >= 4 is 0 Å². The molecule has 0 saturated carbocycles. The fourth-order valence-corrected chi connectivity index (χ4v) is 3.18. The number of rotatable bonds is 3. The number of halogens is 2. The highest BCUT2D eigenvalue weighted by molar-refractivity contribution is 5.36. The van der Waals surface area contributed by atoms with Gasteiger partial charge in [-0.1, -0.05) is 24.3 Å². The highest BCUT2D eigenvalue weighted by Gasteiger charge is 2.27. The molecule has 2 unspecified atom stereocenters. The van der Waals surface area contributed by atoms with E-state index in [0.717, 1.165) is 18.9 Å². The first-order valence-electron chi connectivity index (χ1n) is 6.92. The van der Waals surface area contributed by atoms with E-state index in [1.807, 2.05) is 12.1 Å². The SMILES string of the molecule is NC(Cc1cc(F)cc(F)c1)C1CCc2ccccc21. The van der Waals surface area contributed by atoms with Crippen molar-refractivity contribution in [2.45, 2.75) is 31.2 Å². The van der Waals surface area contributed by atoms with Gasteiger partial charge in [-0.2, -0.15) is 0 Å². The van der Waals surface area contributed by atoms with Crippen LogP contribution < -0.4 is 5.73 Å². The zero-order chi connectivity index (χ0) is 14.1. The molecular formula is C17H17F2N. The van der Waals surface area contributed by atoms with Crippen molar-refractivity contribution in [2.24, 2.45) is 5.73 Å². The minimum Gasteiger partial charge on any atom is -0.327 e. The Balaban J connectivity index is 1.79. The zero-order valence-corrected chi connectivity index (χ0v) is 11.2. The first kappa shape index (κ1) is 13.3. The molecular weight excluding hydrogens is 256 g/mol. The molecule has 0 bridgehead atoms. The van der Waals surface area contributed by atoms with E-state index in [1.165, 1.54) is 23.3 Å². The largest absolute Gasteiger partial charge is 0.327 e. The van der Waals surface area contributed by atoms with Crippen LogP contribution in [-0.4, -0.2) is 6.04 Å². The molecule has 1 nitrogen and oxygen atoms in total. The topological polar surface area (TPSA) is 26.0 Å². The van der Waals surface area contributed by atoms with Crippen molar-refractivity contribution in [3.8, 4) is 0 Å². The molecule has 2 aromatic rings. The van der Waals surface area contributed by atoms with E-state index in [0.29, 0.717) is 12.0 Å². The summed E-state index contributed by atoms with van der Waals surface area (Å²) in [5.41, 5.74) is 9.54. The van der Waals surface area contributed by atoms with Gasteiger partial charge < -0.3 is 5.73 Å². The monoisotopic (exact) mass is 273 g/mol. The minimum atomic E-state index is -0.543. The van der Waals surface area contributed by atoms with Gasteiger partial charge in [0.05, 0.1) is 0 Å². The molecule has 2 N–H and O–H groups in total. The molecule has 20 heavy (non-hydrogen) atoms. The lowest BCUT2D eigenvalue weighted by Gasteiger charge is -2.20. The molecule has 2 atom stereocenters. The van der Waals surface area contributed by atoms with E-state index >= 15 is 0 Å². The normalized spacial score (nSPS) is 18.9. The van der Waals surface area contributed by atoms with E-state index in [9.17, 15) is 8.78 Å². The summed E-state index contributed by atoms with van der Waals surface area (Å²) >= 11 is 0. The third-order valence-corrected chi connectivity index (χ3v) is 4.09. The van der Waals surface area contributed by atoms with E-state index in [1.54, 1.807) is 0 Å². The summed E-state index contributed by atoms with van der Waals surface area (Å²) in [6, 6.07) is 11.8. The summed E-state index contributed by atoms with van der Waals surface area (Å²) in [6.45, 7) is 0. The number of benzene rings is 2. The highest BCUT2D eigenvalue weighted by atomic mass is 19.1. The molecule has 0 amide bonds. The lowest BCUT2D eigenvalue weighted by molar-refractivity contribution is 0.519. The quantitative estimate of drug-likeness (QED) is 0.909. The fraction of sp³-hybridized carbons (Fsp3) is 0.294. The van der Waals surface area contributed by atoms with E-state index < -0.39 is 11.6 Å². The van der Waals surface area contributed by atoms with Crippen LogP contribution in [0, 0.1) is 11.6 Å².